The number of nitrogens with zero attached hydrogens (tertiary/aromatic N) is 3. The first kappa shape index (κ1) is 15.0. The Labute approximate surface area is 133 Å². The van der Waals surface area contributed by atoms with E-state index in [1.807, 2.05) is 18.2 Å². The second kappa shape index (κ2) is 5.70. The first-order valence-electron chi connectivity index (χ1n) is 7.18. The quantitative estimate of drug-likeness (QED) is 0.901. The van der Waals surface area contributed by atoms with E-state index in [9.17, 15) is 9.90 Å². The van der Waals surface area contributed by atoms with Crippen LogP contribution in [0.4, 0.5) is 0 Å². The molecule has 1 aromatic carbocycles. The molecule has 2 N–H and O–H groups in total. The molecule has 6 nitrogen and oxygen atoms in total. The SMILES string of the molecule is Cc1c(C(=O)NCC2(O)CCC2)nnn1-c1ccccc1Cl. The second-order valence-corrected chi connectivity index (χ2v) is 6.05. The summed E-state index contributed by atoms with van der Waals surface area (Å²) < 4.78 is 1.54. The lowest BCUT2D eigenvalue weighted by atomic mass is 9.80. The first-order chi connectivity index (χ1) is 10.5. The van der Waals surface area contributed by atoms with E-state index in [4.69, 9.17) is 11.6 Å². The van der Waals surface area contributed by atoms with Gasteiger partial charge in [0, 0.05) is 6.54 Å². The minimum atomic E-state index is -0.762. The van der Waals surface area contributed by atoms with Gasteiger partial charge >= 0.3 is 0 Å². The molecule has 0 aliphatic heterocycles. The number of carbonyl (C=O) groups excluding carboxylic acids is 1. The van der Waals surface area contributed by atoms with Crippen LogP contribution in [0, 0.1) is 6.92 Å². The molecule has 1 aromatic heterocycles. The molecule has 0 saturated heterocycles. The molecule has 116 valence electrons. The third-order valence-corrected chi connectivity index (χ3v) is 4.37. The molecule has 0 bridgehead atoms. The summed E-state index contributed by atoms with van der Waals surface area (Å²) in [6, 6.07) is 7.23. The molecular formula is C15H17ClN4O2. The zero-order valence-corrected chi connectivity index (χ0v) is 13.0. The molecule has 0 radical (unpaired) electrons. The van der Waals surface area contributed by atoms with Crippen LogP contribution >= 0.6 is 11.6 Å². The predicted octanol–water partition coefficient (Wildman–Crippen LogP) is 1.87. The summed E-state index contributed by atoms with van der Waals surface area (Å²) in [4.78, 5) is 12.2. The van der Waals surface area contributed by atoms with Gasteiger partial charge in [-0.15, -0.1) is 5.10 Å². The summed E-state index contributed by atoms with van der Waals surface area (Å²) in [6.07, 6.45) is 2.44. The van der Waals surface area contributed by atoms with Crippen LogP contribution in [0.2, 0.25) is 5.02 Å². The number of hydrogen-bond donors (Lipinski definition) is 2. The average Bonchev–Trinajstić information content (AvgIpc) is 2.85. The van der Waals surface area contributed by atoms with E-state index in [1.54, 1.807) is 13.0 Å². The zero-order valence-electron chi connectivity index (χ0n) is 12.2. The van der Waals surface area contributed by atoms with Crippen molar-refractivity contribution in [2.75, 3.05) is 6.54 Å². The highest BCUT2D eigenvalue weighted by Crippen LogP contribution is 2.30. The lowest BCUT2D eigenvalue weighted by Gasteiger charge is -2.36. The molecule has 1 amide bonds. The Morgan fingerprint density at radius 2 is 2.18 bits per heavy atom. The van der Waals surface area contributed by atoms with E-state index in [2.05, 4.69) is 15.6 Å². The number of aliphatic hydroxyl groups is 1. The maximum absolute atomic E-state index is 12.2. The smallest absolute Gasteiger partial charge is 0.273 e. The van der Waals surface area contributed by atoms with E-state index >= 15 is 0 Å². The summed E-state index contributed by atoms with van der Waals surface area (Å²) in [5.41, 5.74) is 0.752. The lowest BCUT2D eigenvalue weighted by Crippen LogP contribution is -2.47. The summed E-state index contributed by atoms with van der Waals surface area (Å²) >= 11 is 6.14. The zero-order chi connectivity index (χ0) is 15.7. The van der Waals surface area contributed by atoms with Crippen molar-refractivity contribution < 1.29 is 9.90 Å². The molecule has 1 fully saturated rings. The standard InChI is InChI=1S/C15H17ClN4O2/c1-10-13(14(21)17-9-15(22)7-4-8-15)18-19-20(10)12-6-3-2-5-11(12)16/h2-3,5-6,22H,4,7-9H2,1H3,(H,17,21). The lowest BCUT2D eigenvalue weighted by molar-refractivity contribution is -0.0300. The van der Waals surface area contributed by atoms with E-state index in [1.165, 1.54) is 4.68 Å². The largest absolute Gasteiger partial charge is 0.388 e. The van der Waals surface area contributed by atoms with Gasteiger partial charge in [0.2, 0.25) is 0 Å². The molecule has 1 aliphatic rings. The number of halogens is 1. The number of hydrogen-bond acceptors (Lipinski definition) is 4. The van der Waals surface area contributed by atoms with Crippen LogP contribution in [0.25, 0.3) is 5.69 Å². The molecule has 3 rings (SSSR count). The summed E-state index contributed by atoms with van der Waals surface area (Å²) in [7, 11) is 0. The fourth-order valence-corrected chi connectivity index (χ4v) is 2.70. The van der Waals surface area contributed by atoms with Crippen LogP contribution in [-0.2, 0) is 0 Å². The maximum atomic E-state index is 12.2. The Balaban J connectivity index is 1.78. The van der Waals surface area contributed by atoms with Crippen LogP contribution in [0.15, 0.2) is 24.3 Å². The first-order valence-corrected chi connectivity index (χ1v) is 7.56. The van der Waals surface area contributed by atoms with Crippen LogP contribution in [0.1, 0.15) is 35.4 Å². The molecule has 1 aliphatic carbocycles. The van der Waals surface area contributed by atoms with E-state index in [0.29, 0.717) is 16.4 Å². The van der Waals surface area contributed by atoms with Crippen molar-refractivity contribution in [3.05, 3.63) is 40.7 Å². The molecule has 1 saturated carbocycles. The predicted molar refractivity (Wildman–Crippen MR) is 82.2 cm³/mol. The van der Waals surface area contributed by atoms with E-state index < -0.39 is 5.60 Å². The van der Waals surface area contributed by atoms with Crippen molar-refractivity contribution in [3.8, 4) is 5.69 Å². The van der Waals surface area contributed by atoms with Gasteiger partial charge in [-0.3, -0.25) is 4.79 Å². The summed E-state index contributed by atoms with van der Waals surface area (Å²) in [5, 5.41) is 21.2. The van der Waals surface area contributed by atoms with Gasteiger partial charge in [-0.05, 0) is 38.3 Å². The van der Waals surface area contributed by atoms with Crippen LogP contribution in [0.5, 0.6) is 0 Å². The minimum Gasteiger partial charge on any atom is -0.388 e. The van der Waals surface area contributed by atoms with Crippen molar-refractivity contribution >= 4 is 17.5 Å². The molecule has 22 heavy (non-hydrogen) atoms. The number of aromatic nitrogens is 3. The second-order valence-electron chi connectivity index (χ2n) is 5.65. The Kier molecular flexibility index (Phi) is 3.88. The topological polar surface area (TPSA) is 80.0 Å². The number of nitrogens with one attached hydrogen (secondary N) is 1. The highest BCUT2D eigenvalue weighted by molar-refractivity contribution is 6.32. The van der Waals surface area contributed by atoms with Gasteiger partial charge in [-0.25, -0.2) is 4.68 Å². The third kappa shape index (κ3) is 2.71. The molecular weight excluding hydrogens is 304 g/mol. The average molecular weight is 321 g/mol. The van der Waals surface area contributed by atoms with Gasteiger partial charge in [0.25, 0.3) is 5.91 Å². The Bertz CT molecular complexity index is 709. The van der Waals surface area contributed by atoms with Gasteiger partial charge in [0.1, 0.15) is 0 Å². The molecule has 0 spiro atoms. The Hall–Kier alpha value is -1.92. The van der Waals surface area contributed by atoms with Gasteiger partial charge in [0.15, 0.2) is 5.69 Å². The summed E-state index contributed by atoms with van der Waals surface area (Å²) in [6.45, 7) is 2.00. The van der Waals surface area contributed by atoms with Crippen LogP contribution in [0.3, 0.4) is 0 Å². The van der Waals surface area contributed by atoms with Crippen molar-refractivity contribution in [3.63, 3.8) is 0 Å². The third-order valence-electron chi connectivity index (χ3n) is 4.05. The minimum absolute atomic E-state index is 0.239. The van der Waals surface area contributed by atoms with Crippen molar-refractivity contribution in [2.24, 2.45) is 0 Å². The van der Waals surface area contributed by atoms with Gasteiger partial charge in [-0.2, -0.15) is 0 Å². The van der Waals surface area contributed by atoms with E-state index in [-0.39, 0.29) is 18.1 Å². The highest BCUT2D eigenvalue weighted by atomic mass is 35.5. The fourth-order valence-electron chi connectivity index (χ4n) is 2.48. The van der Waals surface area contributed by atoms with Gasteiger partial charge in [0.05, 0.1) is 22.0 Å². The molecule has 0 atom stereocenters. The maximum Gasteiger partial charge on any atom is 0.273 e. The van der Waals surface area contributed by atoms with Gasteiger partial charge in [-0.1, -0.05) is 28.9 Å². The molecule has 2 aromatic rings. The van der Waals surface area contributed by atoms with Crippen molar-refractivity contribution in [1.82, 2.24) is 20.3 Å². The molecule has 0 unspecified atom stereocenters. The fraction of sp³-hybridized carbons (Fsp3) is 0.400. The molecule has 1 heterocycles. The van der Waals surface area contributed by atoms with E-state index in [0.717, 1.165) is 19.3 Å². The number of rotatable bonds is 4. The number of amides is 1. The number of para-hydroxylation sites is 1. The number of benzene rings is 1. The highest BCUT2D eigenvalue weighted by Gasteiger charge is 2.35. The van der Waals surface area contributed by atoms with Crippen LogP contribution < -0.4 is 5.32 Å². The molecule has 7 heteroatoms. The van der Waals surface area contributed by atoms with Gasteiger partial charge < -0.3 is 10.4 Å². The van der Waals surface area contributed by atoms with Crippen molar-refractivity contribution in [2.45, 2.75) is 31.8 Å². The summed E-state index contributed by atoms with van der Waals surface area (Å²) in [5.74, 6) is -0.337. The van der Waals surface area contributed by atoms with Crippen LogP contribution in [-0.4, -0.2) is 38.2 Å². The monoisotopic (exact) mass is 320 g/mol. The number of carbonyl (C=O) groups is 1. The van der Waals surface area contributed by atoms with Crippen molar-refractivity contribution in [1.29, 1.82) is 0 Å². The normalized spacial score (nSPS) is 16.1. The Morgan fingerprint density at radius 3 is 2.82 bits per heavy atom. The Morgan fingerprint density at radius 1 is 1.45 bits per heavy atom.